The molecule has 2 heterocycles. The Bertz CT molecular complexity index is 1320. The average molecular weight is 518 g/mol. The molecule has 0 saturated carbocycles. The first-order chi connectivity index (χ1) is 18.1. The fourth-order valence-corrected chi connectivity index (χ4v) is 5.04. The van der Waals surface area contributed by atoms with Gasteiger partial charge in [0.1, 0.15) is 11.7 Å². The molecule has 0 aliphatic carbocycles. The topological polar surface area (TPSA) is 104 Å². The third-order valence-corrected chi connectivity index (χ3v) is 7.33. The SMILES string of the molecule is Cc1nc(C)c(-c2ccc(C(=NCc3ccc(F)cc3)NN)cc2)c(N2CCC(C)(C)CC2)c1CC(=O)O. The third kappa shape index (κ3) is 6.19. The number of carboxylic acids is 1. The highest BCUT2D eigenvalue weighted by molar-refractivity contribution is 5.99. The van der Waals surface area contributed by atoms with Crippen LogP contribution in [0.25, 0.3) is 11.1 Å². The summed E-state index contributed by atoms with van der Waals surface area (Å²) in [5.41, 5.74) is 9.91. The van der Waals surface area contributed by atoms with Crippen LogP contribution in [-0.2, 0) is 17.8 Å². The van der Waals surface area contributed by atoms with Crippen molar-refractivity contribution in [2.24, 2.45) is 16.3 Å². The molecular weight excluding hydrogens is 481 g/mol. The Morgan fingerprint density at radius 1 is 1.08 bits per heavy atom. The molecule has 4 N–H and O–H groups in total. The molecule has 0 amide bonds. The lowest BCUT2D eigenvalue weighted by Crippen LogP contribution is -2.38. The number of rotatable bonds is 7. The molecule has 7 nitrogen and oxygen atoms in total. The first kappa shape index (κ1) is 27.3. The minimum Gasteiger partial charge on any atom is -0.481 e. The monoisotopic (exact) mass is 517 g/mol. The van der Waals surface area contributed by atoms with Crippen LogP contribution in [0.15, 0.2) is 53.5 Å². The fourth-order valence-electron chi connectivity index (χ4n) is 5.04. The summed E-state index contributed by atoms with van der Waals surface area (Å²) >= 11 is 0. The summed E-state index contributed by atoms with van der Waals surface area (Å²) in [7, 11) is 0. The number of aliphatic carboxylic acids is 1. The van der Waals surface area contributed by atoms with Crippen LogP contribution in [0.3, 0.4) is 0 Å². The molecule has 0 unspecified atom stereocenters. The highest BCUT2D eigenvalue weighted by atomic mass is 19.1. The van der Waals surface area contributed by atoms with E-state index in [9.17, 15) is 14.3 Å². The summed E-state index contributed by atoms with van der Waals surface area (Å²) in [6.07, 6.45) is 2.00. The lowest BCUT2D eigenvalue weighted by molar-refractivity contribution is -0.136. The van der Waals surface area contributed by atoms with Crippen LogP contribution in [0.2, 0.25) is 0 Å². The van der Waals surface area contributed by atoms with Crippen LogP contribution >= 0.6 is 0 Å². The van der Waals surface area contributed by atoms with Crippen LogP contribution in [0.1, 0.15) is 54.8 Å². The van der Waals surface area contributed by atoms with E-state index in [1.165, 1.54) is 12.1 Å². The lowest BCUT2D eigenvalue weighted by Gasteiger charge is -2.40. The number of aryl methyl sites for hydroxylation is 2. The average Bonchev–Trinajstić information content (AvgIpc) is 2.87. The highest BCUT2D eigenvalue weighted by Crippen LogP contribution is 2.41. The number of halogens is 1. The Morgan fingerprint density at radius 3 is 2.29 bits per heavy atom. The molecule has 0 atom stereocenters. The van der Waals surface area contributed by atoms with Gasteiger partial charge in [0.25, 0.3) is 0 Å². The molecule has 200 valence electrons. The van der Waals surface area contributed by atoms with Crippen molar-refractivity contribution in [2.45, 2.75) is 53.5 Å². The highest BCUT2D eigenvalue weighted by Gasteiger charge is 2.30. The van der Waals surface area contributed by atoms with Crippen molar-refractivity contribution < 1.29 is 14.3 Å². The van der Waals surface area contributed by atoms with E-state index in [0.717, 1.165) is 70.8 Å². The number of pyridine rings is 1. The van der Waals surface area contributed by atoms with Crippen molar-refractivity contribution in [3.8, 4) is 11.1 Å². The molecule has 0 spiro atoms. The van der Waals surface area contributed by atoms with E-state index in [1.807, 2.05) is 38.1 Å². The van der Waals surface area contributed by atoms with Gasteiger partial charge in [0.05, 0.1) is 18.7 Å². The molecule has 1 aromatic heterocycles. The summed E-state index contributed by atoms with van der Waals surface area (Å²) in [5.74, 6) is 5.15. The van der Waals surface area contributed by atoms with Gasteiger partial charge in [0, 0.05) is 41.2 Å². The second kappa shape index (κ2) is 11.3. The van der Waals surface area contributed by atoms with E-state index in [4.69, 9.17) is 10.8 Å². The molecule has 0 radical (unpaired) electrons. The molecule has 38 heavy (non-hydrogen) atoms. The fraction of sp³-hybridized carbons (Fsp3) is 0.367. The van der Waals surface area contributed by atoms with Crippen molar-refractivity contribution in [2.75, 3.05) is 18.0 Å². The first-order valence-corrected chi connectivity index (χ1v) is 12.9. The second-order valence-corrected chi connectivity index (χ2v) is 10.7. The molecule has 1 aliphatic heterocycles. The van der Waals surface area contributed by atoms with Crippen LogP contribution in [0, 0.1) is 25.1 Å². The van der Waals surface area contributed by atoms with Gasteiger partial charge in [0.15, 0.2) is 0 Å². The quantitative estimate of drug-likeness (QED) is 0.173. The van der Waals surface area contributed by atoms with Crippen LogP contribution in [-0.4, -0.2) is 35.0 Å². The summed E-state index contributed by atoms with van der Waals surface area (Å²) < 4.78 is 13.2. The maximum Gasteiger partial charge on any atom is 0.307 e. The van der Waals surface area contributed by atoms with Gasteiger partial charge < -0.3 is 15.4 Å². The number of amidine groups is 1. The molecule has 1 aliphatic rings. The zero-order valence-electron chi connectivity index (χ0n) is 22.5. The minimum absolute atomic E-state index is 0.0727. The Balaban J connectivity index is 1.72. The molecule has 0 bridgehead atoms. The number of carboxylic acid groups (broad SMARTS) is 1. The molecule has 1 saturated heterocycles. The predicted molar refractivity (Wildman–Crippen MR) is 150 cm³/mol. The Hall–Kier alpha value is -3.78. The Labute approximate surface area is 223 Å². The predicted octanol–water partition coefficient (Wildman–Crippen LogP) is 5.17. The van der Waals surface area contributed by atoms with Crippen molar-refractivity contribution in [1.82, 2.24) is 10.4 Å². The zero-order chi connectivity index (χ0) is 27.4. The standard InChI is InChI=1S/C30H36FN5O2/c1-19-25(17-26(37)38)28(36-15-13-30(3,4)14-16-36)27(20(2)34-19)22-7-9-23(10-8-22)29(35-32)33-18-21-5-11-24(31)12-6-21/h5-12H,13-18,32H2,1-4H3,(H,33,35)(H,37,38). The lowest BCUT2D eigenvalue weighted by atomic mass is 9.82. The van der Waals surface area contributed by atoms with Gasteiger partial charge in [-0.2, -0.15) is 0 Å². The van der Waals surface area contributed by atoms with Crippen LogP contribution < -0.4 is 16.2 Å². The van der Waals surface area contributed by atoms with E-state index in [-0.39, 0.29) is 17.7 Å². The van der Waals surface area contributed by atoms with Crippen molar-refractivity contribution >= 4 is 17.5 Å². The van der Waals surface area contributed by atoms with Crippen molar-refractivity contribution in [1.29, 1.82) is 0 Å². The van der Waals surface area contributed by atoms with Crippen molar-refractivity contribution in [3.63, 3.8) is 0 Å². The van der Waals surface area contributed by atoms with Gasteiger partial charge >= 0.3 is 5.97 Å². The summed E-state index contributed by atoms with van der Waals surface area (Å²) in [6.45, 7) is 10.5. The van der Waals surface area contributed by atoms with E-state index in [1.54, 1.807) is 12.1 Å². The number of carbonyl (C=O) groups is 1. The van der Waals surface area contributed by atoms with Gasteiger partial charge in [-0.15, -0.1) is 0 Å². The number of nitrogens with zero attached hydrogens (tertiary/aromatic N) is 3. The smallest absolute Gasteiger partial charge is 0.307 e. The number of hydrogen-bond donors (Lipinski definition) is 3. The third-order valence-electron chi connectivity index (χ3n) is 7.33. The Kier molecular flexibility index (Phi) is 8.11. The van der Waals surface area contributed by atoms with E-state index >= 15 is 0 Å². The van der Waals surface area contributed by atoms with E-state index < -0.39 is 5.97 Å². The largest absolute Gasteiger partial charge is 0.481 e. The number of nitrogens with one attached hydrogen (secondary N) is 1. The summed E-state index contributed by atoms with van der Waals surface area (Å²) in [4.78, 5) is 23.5. The summed E-state index contributed by atoms with van der Waals surface area (Å²) in [5, 5.41) is 9.70. The van der Waals surface area contributed by atoms with Gasteiger partial charge in [-0.3, -0.25) is 14.8 Å². The number of anilines is 1. The number of benzene rings is 2. The molecular formula is C30H36FN5O2. The molecule has 3 aromatic rings. The van der Waals surface area contributed by atoms with Crippen LogP contribution in [0.4, 0.5) is 10.1 Å². The van der Waals surface area contributed by atoms with E-state index in [2.05, 4.69) is 29.2 Å². The van der Waals surface area contributed by atoms with E-state index in [0.29, 0.717) is 12.4 Å². The number of piperidine rings is 1. The molecule has 4 rings (SSSR count). The Morgan fingerprint density at radius 2 is 1.71 bits per heavy atom. The molecule has 1 fully saturated rings. The van der Waals surface area contributed by atoms with Gasteiger partial charge in [-0.05, 0) is 55.4 Å². The maximum atomic E-state index is 13.2. The van der Waals surface area contributed by atoms with Crippen molar-refractivity contribution in [3.05, 3.63) is 82.4 Å². The zero-order valence-corrected chi connectivity index (χ0v) is 22.5. The number of hydrazine groups is 1. The second-order valence-electron chi connectivity index (χ2n) is 10.7. The summed E-state index contributed by atoms with van der Waals surface area (Å²) in [6, 6.07) is 14.1. The van der Waals surface area contributed by atoms with Gasteiger partial charge in [-0.1, -0.05) is 50.2 Å². The minimum atomic E-state index is -0.866. The number of hydrogen-bond acceptors (Lipinski definition) is 5. The number of aliphatic imine (C=N–C) groups is 1. The number of aromatic nitrogens is 1. The van der Waals surface area contributed by atoms with Gasteiger partial charge in [-0.25, -0.2) is 10.2 Å². The molecule has 2 aromatic carbocycles. The maximum absolute atomic E-state index is 13.2. The first-order valence-electron chi connectivity index (χ1n) is 12.9. The number of nitrogens with two attached hydrogens (primary N) is 1. The van der Waals surface area contributed by atoms with Crippen LogP contribution in [0.5, 0.6) is 0 Å². The normalized spacial score (nSPS) is 15.4. The molecule has 8 heteroatoms. The van der Waals surface area contributed by atoms with Gasteiger partial charge in [0.2, 0.25) is 0 Å².